The third-order valence-electron chi connectivity index (χ3n) is 4.10. The van der Waals surface area contributed by atoms with Gasteiger partial charge in [0.05, 0.1) is 0 Å². The zero-order valence-corrected chi connectivity index (χ0v) is 12.4. The Labute approximate surface area is 111 Å². The van der Waals surface area contributed by atoms with Gasteiger partial charge in [0.2, 0.25) is 0 Å². The van der Waals surface area contributed by atoms with Crippen molar-refractivity contribution >= 4 is 5.69 Å². The summed E-state index contributed by atoms with van der Waals surface area (Å²) in [6.45, 7) is 11.3. The van der Waals surface area contributed by atoms with Crippen LogP contribution in [0.15, 0.2) is 18.2 Å². The van der Waals surface area contributed by atoms with Crippen LogP contribution in [0, 0.1) is 0 Å². The zero-order valence-electron chi connectivity index (χ0n) is 12.4. The molecule has 1 aliphatic heterocycles. The van der Waals surface area contributed by atoms with Crippen molar-refractivity contribution in [2.75, 3.05) is 18.5 Å². The Bertz CT molecular complexity index is 423. The molecule has 0 saturated heterocycles. The van der Waals surface area contributed by atoms with E-state index in [1.807, 2.05) is 0 Å². The van der Waals surface area contributed by atoms with Crippen LogP contribution in [0.3, 0.4) is 0 Å². The number of hydrogen-bond acceptors (Lipinski definition) is 2. The van der Waals surface area contributed by atoms with Gasteiger partial charge in [0.1, 0.15) is 0 Å². The fourth-order valence-corrected chi connectivity index (χ4v) is 3.02. The molecule has 0 aliphatic carbocycles. The number of fused-ring (bicyclic) bond motifs is 1. The van der Waals surface area contributed by atoms with Gasteiger partial charge in [0, 0.05) is 37.3 Å². The third kappa shape index (κ3) is 2.39. The summed E-state index contributed by atoms with van der Waals surface area (Å²) in [7, 11) is 2.19. The van der Waals surface area contributed by atoms with Gasteiger partial charge in [0.25, 0.3) is 0 Å². The van der Waals surface area contributed by atoms with Gasteiger partial charge in [-0.15, -0.1) is 0 Å². The van der Waals surface area contributed by atoms with Crippen molar-refractivity contribution in [2.45, 2.75) is 52.1 Å². The molecule has 2 nitrogen and oxygen atoms in total. The van der Waals surface area contributed by atoms with E-state index >= 15 is 0 Å². The van der Waals surface area contributed by atoms with Crippen LogP contribution in [0.2, 0.25) is 0 Å². The number of rotatable bonds is 4. The molecule has 1 unspecified atom stereocenters. The average molecular weight is 246 g/mol. The van der Waals surface area contributed by atoms with Crippen molar-refractivity contribution in [1.82, 2.24) is 5.32 Å². The van der Waals surface area contributed by atoms with Crippen LogP contribution < -0.4 is 10.2 Å². The van der Waals surface area contributed by atoms with E-state index < -0.39 is 0 Å². The normalized spacial score (nSPS) is 18.8. The first-order valence-electron chi connectivity index (χ1n) is 7.02. The first kappa shape index (κ1) is 13.4. The third-order valence-corrected chi connectivity index (χ3v) is 4.10. The predicted molar refractivity (Wildman–Crippen MR) is 79.3 cm³/mol. The number of anilines is 1. The van der Waals surface area contributed by atoms with Gasteiger partial charge >= 0.3 is 0 Å². The predicted octanol–water partition coefficient (Wildman–Crippen LogP) is 3.30. The minimum atomic E-state index is 0.262. The van der Waals surface area contributed by atoms with E-state index in [0.717, 1.165) is 13.1 Å². The fraction of sp³-hybridized carbons (Fsp3) is 0.625. The largest absolute Gasteiger partial charge is 0.373 e. The topological polar surface area (TPSA) is 15.3 Å². The molecule has 0 bridgehead atoms. The van der Waals surface area contributed by atoms with E-state index in [-0.39, 0.29) is 5.41 Å². The monoisotopic (exact) mass is 246 g/mol. The van der Waals surface area contributed by atoms with E-state index in [4.69, 9.17) is 0 Å². The summed E-state index contributed by atoms with van der Waals surface area (Å²) in [5.41, 5.74) is 4.66. The Morgan fingerprint density at radius 2 is 2.11 bits per heavy atom. The molecule has 0 aromatic heterocycles. The van der Waals surface area contributed by atoms with Crippen molar-refractivity contribution < 1.29 is 0 Å². The molecule has 2 heteroatoms. The van der Waals surface area contributed by atoms with Gasteiger partial charge in [-0.2, -0.15) is 0 Å². The number of likely N-dealkylation sites (N-methyl/N-ethyl adjacent to an activating group) is 1. The summed E-state index contributed by atoms with van der Waals surface area (Å²) >= 11 is 0. The van der Waals surface area contributed by atoms with Gasteiger partial charge in [0.15, 0.2) is 0 Å². The number of benzene rings is 1. The van der Waals surface area contributed by atoms with Crippen molar-refractivity contribution in [1.29, 1.82) is 0 Å². The Morgan fingerprint density at radius 1 is 1.39 bits per heavy atom. The Kier molecular flexibility index (Phi) is 3.67. The summed E-state index contributed by atoms with van der Waals surface area (Å²) in [6, 6.07) is 7.29. The molecule has 1 N–H and O–H groups in total. The maximum atomic E-state index is 3.61. The first-order chi connectivity index (χ1) is 8.45. The molecule has 18 heavy (non-hydrogen) atoms. The minimum absolute atomic E-state index is 0.262. The van der Waals surface area contributed by atoms with E-state index in [2.05, 4.69) is 63.2 Å². The van der Waals surface area contributed by atoms with Crippen molar-refractivity contribution in [3.8, 4) is 0 Å². The van der Waals surface area contributed by atoms with Crippen LogP contribution in [0.4, 0.5) is 5.69 Å². The Hall–Kier alpha value is -1.02. The molecule has 0 amide bonds. The standard InChI is InChI=1S/C16H26N2/c1-6-12(2)17-10-13-8-7-9-14-15(13)16(3,4)11-18(14)5/h7-9,12,17H,6,10-11H2,1-5H3. The average Bonchev–Trinajstić information content (AvgIpc) is 2.57. The second kappa shape index (κ2) is 4.93. The molecule has 1 heterocycles. The lowest BCUT2D eigenvalue weighted by Gasteiger charge is -2.22. The molecule has 1 aromatic rings. The maximum Gasteiger partial charge on any atom is 0.0405 e. The second-order valence-electron chi connectivity index (χ2n) is 6.24. The van der Waals surface area contributed by atoms with Gasteiger partial charge in [-0.05, 0) is 30.5 Å². The fourth-order valence-electron chi connectivity index (χ4n) is 3.02. The highest BCUT2D eigenvalue weighted by molar-refractivity contribution is 5.64. The van der Waals surface area contributed by atoms with Crippen LogP contribution in [0.25, 0.3) is 0 Å². The van der Waals surface area contributed by atoms with E-state index in [0.29, 0.717) is 6.04 Å². The zero-order chi connectivity index (χ0) is 13.3. The molecule has 1 aromatic carbocycles. The molecule has 0 radical (unpaired) electrons. The van der Waals surface area contributed by atoms with Crippen LogP contribution in [0.5, 0.6) is 0 Å². The van der Waals surface area contributed by atoms with E-state index in [1.165, 1.54) is 23.2 Å². The summed E-state index contributed by atoms with van der Waals surface area (Å²) in [5.74, 6) is 0. The quantitative estimate of drug-likeness (QED) is 0.877. The van der Waals surface area contributed by atoms with Gasteiger partial charge < -0.3 is 10.2 Å². The molecular formula is C16H26N2. The van der Waals surface area contributed by atoms with Crippen LogP contribution >= 0.6 is 0 Å². The van der Waals surface area contributed by atoms with Gasteiger partial charge in [-0.3, -0.25) is 0 Å². The minimum Gasteiger partial charge on any atom is -0.373 e. The van der Waals surface area contributed by atoms with Crippen LogP contribution in [0.1, 0.15) is 45.2 Å². The summed E-state index contributed by atoms with van der Waals surface area (Å²) in [6.07, 6.45) is 1.18. The highest BCUT2D eigenvalue weighted by Gasteiger charge is 2.34. The lowest BCUT2D eigenvalue weighted by molar-refractivity contribution is 0.518. The lowest BCUT2D eigenvalue weighted by Crippen LogP contribution is -2.28. The van der Waals surface area contributed by atoms with E-state index in [1.54, 1.807) is 0 Å². The Morgan fingerprint density at radius 3 is 2.78 bits per heavy atom. The first-order valence-corrected chi connectivity index (χ1v) is 7.02. The van der Waals surface area contributed by atoms with Crippen LogP contribution in [-0.2, 0) is 12.0 Å². The number of hydrogen-bond donors (Lipinski definition) is 1. The number of nitrogens with one attached hydrogen (secondary N) is 1. The highest BCUT2D eigenvalue weighted by atomic mass is 15.1. The molecule has 1 atom stereocenters. The van der Waals surface area contributed by atoms with E-state index in [9.17, 15) is 0 Å². The highest BCUT2D eigenvalue weighted by Crippen LogP contribution is 2.41. The molecule has 2 rings (SSSR count). The second-order valence-corrected chi connectivity index (χ2v) is 6.24. The molecule has 100 valence electrons. The maximum absolute atomic E-state index is 3.61. The SMILES string of the molecule is CCC(C)NCc1cccc2c1C(C)(C)CN2C. The van der Waals surface area contributed by atoms with Crippen LogP contribution in [-0.4, -0.2) is 19.6 Å². The van der Waals surface area contributed by atoms with Gasteiger partial charge in [-0.25, -0.2) is 0 Å². The van der Waals surface area contributed by atoms with Crippen molar-refractivity contribution in [3.63, 3.8) is 0 Å². The molecular weight excluding hydrogens is 220 g/mol. The van der Waals surface area contributed by atoms with Crippen molar-refractivity contribution in [2.24, 2.45) is 0 Å². The molecule has 0 spiro atoms. The molecule has 1 aliphatic rings. The van der Waals surface area contributed by atoms with Crippen molar-refractivity contribution in [3.05, 3.63) is 29.3 Å². The molecule has 0 saturated carbocycles. The summed E-state index contributed by atoms with van der Waals surface area (Å²) in [5, 5.41) is 3.61. The summed E-state index contributed by atoms with van der Waals surface area (Å²) in [4.78, 5) is 2.38. The smallest absolute Gasteiger partial charge is 0.0405 e. The Balaban J connectivity index is 2.28. The number of nitrogens with zero attached hydrogens (tertiary/aromatic N) is 1. The summed E-state index contributed by atoms with van der Waals surface area (Å²) < 4.78 is 0. The lowest BCUT2D eigenvalue weighted by atomic mass is 9.83. The molecule has 0 fully saturated rings. The van der Waals surface area contributed by atoms with Gasteiger partial charge in [-0.1, -0.05) is 32.9 Å².